The van der Waals surface area contributed by atoms with E-state index in [2.05, 4.69) is 32.3 Å². The number of aromatic nitrogens is 3. The van der Waals surface area contributed by atoms with Crippen molar-refractivity contribution in [2.24, 2.45) is 5.10 Å². The number of H-pyrrole nitrogens is 1. The van der Waals surface area contributed by atoms with E-state index in [4.69, 9.17) is 23.2 Å². The van der Waals surface area contributed by atoms with E-state index in [0.717, 1.165) is 11.1 Å². The highest BCUT2D eigenvalue weighted by atomic mass is 35.5. The molecule has 0 aliphatic heterocycles. The standard InChI is InChI=1S/C19H17Cl2N5OS/c1-2-4-13-5-3-6-14(17(13)27)10-22-24-18-23-19(26-25-18)28-11-12-7-8-15(20)16(21)9-12/h2-3,5-10,27H,1,4,11H2,(H2,23,24,25,26)/b22-10+. The predicted octanol–water partition coefficient (Wildman–Crippen LogP) is 5.28. The highest BCUT2D eigenvalue weighted by molar-refractivity contribution is 7.98. The third kappa shape index (κ3) is 5.28. The van der Waals surface area contributed by atoms with Gasteiger partial charge in [-0.2, -0.15) is 10.1 Å². The number of allylic oxidation sites excluding steroid dienone is 1. The van der Waals surface area contributed by atoms with E-state index in [0.29, 0.717) is 38.9 Å². The SMILES string of the molecule is C=CCc1cccc(/C=N/Nc2nc(SCc3ccc(Cl)c(Cl)c3)n[nH]2)c1O. The number of halogens is 2. The zero-order valence-electron chi connectivity index (χ0n) is 14.7. The van der Waals surface area contributed by atoms with Gasteiger partial charge in [0.25, 0.3) is 0 Å². The molecular formula is C19H17Cl2N5OS. The average molecular weight is 434 g/mol. The van der Waals surface area contributed by atoms with Crippen molar-refractivity contribution < 1.29 is 5.11 Å². The van der Waals surface area contributed by atoms with Gasteiger partial charge in [-0.05, 0) is 35.7 Å². The Labute approximate surface area is 176 Å². The number of para-hydroxylation sites is 1. The number of rotatable bonds is 8. The topological polar surface area (TPSA) is 86.2 Å². The van der Waals surface area contributed by atoms with Crippen LogP contribution >= 0.6 is 35.0 Å². The lowest BCUT2D eigenvalue weighted by molar-refractivity contribution is 0.469. The van der Waals surface area contributed by atoms with Gasteiger partial charge >= 0.3 is 0 Å². The minimum Gasteiger partial charge on any atom is -0.507 e. The Balaban J connectivity index is 1.57. The van der Waals surface area contributed by atoms with Crippen molar-refractivity contribution in [2.75, 3.05) is 5.43 Å². The molecule has 0 saturated carbocycles. The van der Waals surface area contributed by atoms with Crippen LogP contribution in [0.1, 0.15) is 16.7 Å². The number of aromatic amines is 1. The summed E-state index contributed by atoms with van der Waals surface area (Å²) in [6.07, 6.45) is 3.84. The van der Waals surface area contributed by atoms with Crippen molar-refractivity contribution in [1.82, 2.24) is 15.2 Å². The average Bonchev–Trinajstić information content (AvgIpc) is 3.13. The molecular weight excluding hydrogens is 417 g/mol. The maximum atomic E-state index is 10.2. The number of benzene rings is 2. The molecule has 0 saturated heterocycles. The van der Waals surface area contributed by atoms with Gasteiger partial charge in [0.15, 0.2) is 0 Å². The largest absolute Gasteiger partial charge is 0.507 e. The van der Waals surface area contributed by atoms with Gasteiger partial charge in [-0.1, -0.05) is 59.2 Å². The first-order chi connectivity index (χ1) is 13.6. The number of phenolic OH excluding ortho intramolecular Hbond substituents is 1. The number of nitrogens with one attached hydrogen (secondary N) is 2. The number of hydrogen-bond acceptors (Lipinski definition) is 6. The lowest BCUT2D eigenvalue weighted by Crippen LogP contribution is -1.94. The second-order valence-corrected chi connectivity index (χ2v) is 7.48. The van der Waals surface area contributed by atoms with Crippen LogP contribution in [0.25, 0.3) is 0 Å². The molecule has 3 rings (SSSR count). The second-order valence-electron chi connectivity index (χ2n) is 5.72. The number of hydrogen-bond donors (Lipinski definition) is 3. The van der Waals surface area contributed by atoms with Crippen LogP contribution in [0.4, 0.5) is 5.95 Å². The zero-order chi connectivity index (χ0) is 19.9. The van der Waals surface area contributed by atoms with Gasteiger partial charge in [0.05, 0.1) is 16.3 Å². The monoisotopic (exact) mass is 433 g/mol. The Morgan fingerprint density at radius 3 is 2.89 bits per heavy atom. The molecule has 0 unspecified atom stereocenters. The van der Waals surface area contributed by atoms with E-state index >= 15 is 0 Å². The van der Waals surface area contributed by atoms with Crippen molar-refractivity contribution >= 4 is 47.1 Å². The smallest absolute Gasteiger partial charge is 0.240 e. The van der Waals surface area contributed by atoms with Crippen LogP contribution in [-0.4, -0.2) is 26.5 Å². The molecule has 0 spiro atoms. The van der Waals surface area contributed by atoms with Gasteiger partial charge in [0.1, 0.15) is 5.75 Å². The molecule has 9 heteroatoms. The molecule has 0 aliphatic rings. The number of anilines is 1. The van der Waals surface area contributed by atoms with E-state index in [1.807, 2.05) is 24.3 Å². The number of phenols is 1. The summed E-state index contributed by atoms with van der Waals surface area (Å²) in [4.78, 5) is 4.30. The summed E-state index contributed by atoms with van der Waals surface area (Å²) < 4.78 is 0. The summed E-state index contributed by atoms with van der Waals surface area (Å²) in [5.74, 6) is 1.24. The molecule has 0 amide bonds. The van der Waals surface area contributed by atoms with Crippen LogP contribution in [0.3, 0.4) is 0 Å². The fourth-order valence-corrected chi connectivity index (χ4v) is 3.40. The van der Waals surface area contributed by atoms with Crippen LogP contribution in [0.15, 0.2) is 59.3 Å². The number of hydrazone groups is 1. The van der Waals surface area contributed by atoms with Gasteiger partial charge in [-0.3, -0.25) is 0 Å². The van der Waals surface area contributed by atoms with Gasteiger partial charge in [0.2, 0.25) is 11.1 Å². The van der Waals surface area contributed by atoms with E-state index in [9.17, 15) is 5.11 Å². The van der Waals surface area contributed by atoms with Crippen molar-refractivity contribution in [1.29, 1.82) is 0 Å². The fourth-order valence-electron chi connectivity index (χ4n) is 2.34. The van der Waals surface area contributed by atoms with E-state index in [-0.39, 0.29) is 5.75 Å². The Morgan fingerprint density at radius 2 is 2.11 bits per heavy atom. The third-order valence-corrected chi connectivity index (χ3v) is 5.36. The summed E-state index contributed by atoms with van der Waals surface area (Å²) in [7, 11) is 0. The maximum absolute atomic E-state index is 10.2. The molecule has 0 atom stereocenters. The van der Waals surface area contributed by atoms with Gasteiger partial charge in [0, 0.05) is 11.3 Å². The molecule has 3 N–H and O–H groups in total. The first-order valence-electron chi connectivity index (χ1n) is 8.26. The predicted molar refractivity (Wildman–Crippen MR) is 116 cm³/mol. The summed E-state index contributed by atoms with van der Waals surface area (Å²) in [5.41, 5.74) is 5.17. The quantitative estimate of drug-likeness (QED) is 0.194. The van der Waals surface area contributed by atoms with Crippen LogP contribution in [0.5, 0.6) is 5.75 Å². The van der Waals surface area contributed by atoms with Gasteiger partial charge < -0.3 is 5.11 Å². The van der Waals surface area contributed by atoms with E-state index in [1.165, 1.54) is 18.0 Å². The first-order valence-corrected chi connectivity index (χ1v) is 10.0. The maximum Gasteiger partial charge on any atom is 0.240 e. The Bertz CT molecular complexity index is 1010. The minimum absolute atomic E-state index is 0.184. The molecule has 0 radical (unpaired) electrons. The third-order valence-electron chi connectivity index (χ3n) is 3.71. The summed E-state index contributed by atoms with van der Waals surface area (Å²) in [6.45, 7) is 3.68. The highest BCUT2D eigenvalue weighted by Gasteiger charge is 2.06. The Hall–Kier alpha value is -2.48. The number of nitrogens with zero attached hydrogens (tertiary/aromatic N) is 3. The van der Waals surface area contributed by atoms with Crippen molar-refractivity contribution in [3.05, 3.63) is 75.8 Å². The van der Waals surface area contributed by atoms with Crippen LogP contribution in [-0.2, 0) is 12.2 Å². The summed E-state index contributed by atoms with van der Waals surface area (Å²) >= 11 is 13.4. The van der Waals surface area contributed by atoms with E-state index < -0.39 is 0 Å². The van der Waals surface area contributed by atoms with Crippen molar-refractivity contribution in [3.63, 3.8) is 0 Å². The first kappa shape index (κ1) is 20.3. The summed E-state index contributed by atoms with van der Waals surface area (Å²) in [6, 6.07) is 11.0. The molecule has 0 bridgehead atoms. The molecule has 28 heavy (non-hydrogen) atoms. The molecule has 6 nitrogen and oxygen atoms in total. The molecule has 0 fully saturated rings. The van der Waals surface area contributed by atoms with Crippen LogP contribution in [0.2, 0.25) is 10.0 Å². The highest BCUT2D eigenvalue weighted by Crippen LogP contribution is 2.26. The fraction of sp³-hybridized carbons (Fsp3) is 0.105. The van der Waals surface area contributed by atoms with Crippen molar-refractivity contribution in [3.8, 4) is 5.75 Å². The van der Waals surface area contributed by atoms with Crippen LogP contribution < -0.4 is 5.43 Å². The molecule has 3 aromatic rings. The lowest BCUT2D eigenvalue weighted by atomic mass is 10.1. The second kappa shape index (κ2) is 9.64. The molecule has 144 valence electrons. The minimum atomic E-state index is 0.184. The zero-order valence-corrected chi connectivity index (χ0v) is 17.0. The molecule has 0 aliphatic carbocycles. The number of thioether (sulfide) groups is 1. The Kier molecular flexibility index (Phi) is 6.97. The van der Waals surface area contributed by atoms with Crippen LogP contribution in [0, 0.1) is 0 Å². The Morgan fingerprint density at radius 1 is 1.25 bits per heavy atom. The molecule has 1 aromatic heterocycles. The van der Waals surface area contributed by atoms with Crippen molar-refractivity contribution in [2.45, 2.75) is 17.3 Å². The summed E-state index contributed by atoms with van der Waals surface area (Å²) in [5, 5.41) is 22.8. The van der Waals surface area contributed by atoms with Gasteiger partial charge in [-0.15, -0.1) is 11.7 Å². The molecule has 2 aromatic carbocycles. The van der Waals surface area contributed by atoms with Gasteiger partial charge in [-0.25, -0.2) is 10.5 Å². The van der Waals surface area contributed by atoms with E-state index in [1.54, 1.807) is 18.2 Å². The molecule has 1 heterocycles. The lowest BCUT2D eigenvalue weighted by Gasteiger charge is -2.04. The normalized spacial score (nSPS) is 11.1. The number of aromatic hydroxyl groups is 1.